The number of hydrogen-bond acceptors (Lipinski definition) is 8. The van der Waals surface area contributed by atoms with Gasteiger partial charge in [0.25, 0.3) is 0 Å². The molecule has 0 amide bonds. The van der Waals surface area contributed by atoms with Gasteiger partial charge in [-0.05, 0) is 128 Å². The molecule has 0 bridgehead atoms. The van der Waals surface area contributed by atoms with Crippen LogP contribution in [0.15, 0.2) is 12.2 Å². The SMILES string of the molecule is C=C(C)[C@@H]1CC[C@]2(C)CC[C@]3(C)[C@H](CC[C@@H]4[C@@]5(C)CC[C@H](O[C@@H]6OC[C@@H](OC(C)=O)[C@H](OC(C)=O)[C@H]6OC(C)=O)C(C)(C)[C@@H]5CC[C@]43C)[C@@H]12. The van der Waals surface area contributed by atoms with E-state index in [1.54, 1.807) is 0 Å². The molecule has 14 atom stereocenters. The predicted molar refractivity (Wildman–Crippen MR) is 186 cm³/mol. The van der Waals surface area contributed by atoms with E-state index >= 15 is 0 Å². The molecule has 8 heteroatoms. The first-order chi connectivity index (χ1) is 22.8. The molecule has 6 aliphatic rings. The van der Waals surface area contributed by atoms with Crippen molar-refractivity contribution in [2.75, 3.05) is 6.61 Å². The van der Waals surface area contributed by atoms with Gasteiger partial charge in [0.2, 0.25) is 0 Å². The van der Waals surface area contributed by atoms with E-state index in [4.69, 9.17) is 23.7 Å². The first-order valence-corrected chi connectivity index (χ1v) is 19.2. The second-order valence-electron chi connectivity index (χ2n) is 18.8. The molecule has 49 heavy (non-hydrogen) atoms. The monoisotopic (exact) mass is 684 g/mol. The van der Waals surface area contributed by atoms with Crippen LogP contribution in [0.25, 0.3) is 0 Å². The van der Waals surface area contributed by atoms with E-state index in [0.29, 0.717) is 28.6 Å². The molecular formula is C41H64O8. The summed E-state index contributed by atoms with van der Waals surface area (Å²) in [6.07, 6.45) is 8.17. The minimum atomic E-state index is -1.07. The Bertz CT molecular complexity index is 1340. The van der Waals surface area contributed by atoms with E-state index < -0.39 is 42.5 Å². The van der Waals surface area contributed by atoms with Gasteiger partial charge in [-0.1, -0.05) is 53.7 Å². The third-order valence-corrected chi connectivity index (χ3v) is 16.0. The van der Waals surface area contributed by atoms with Crippen LogP contribution >= 0.6 is 0 Å². The molecule has 0 unspecified atom stereocenters. The Balaban J connectivity index is 1.24. The Labute approximate surface area is 295 Å². The van der Waals surface area contributed by atoms with Crippen LogP contribution < -0.4 is 0 Å². The third kappa shape index (κ3) is 5.81. The molecule has 1 aliphatic heterocycles. The number of carbonyl (C=O) groups is 3. The highest BCUT2D eigenvalue weighted by Gasteiger charge is 2.70. The van der Waals surface area contributed by atoms with Gasteiger partial charge in [-0.2, -0.15) is 0 Å². The fourth-order valence-corrected chi connectivity index (χ4v) is 13.7. The second kappa shape index (κ2) is 12.6. The normalized spacial score (nSPS) is 48.5. The number of ether oxygens (including phenoxy) is 5. The quantitative estimate of drug-likeness (QED) is 0.120. The van der Waals surface area contributed by atoms with Crippen molar-refractivity contribution < 1.29 is 38.1 Å². The van der Waals surface area contributed by atoms with Crippen LogP contribution in [0.4, 0.5) is 0 Å². The van der Waals surface area contributed by atoms with Crippen molar-refractivity contribution in [3.63, 3.8) is 0 Å². The number of rotatable bonds is 6. The van der Waals surface area contributed by atoms with Gasteiger partial charge in [0.05, 0.1) is 12.7 Å². The van der Waals surface area contributed by atoms with E-state index in [9.17, 15) is 14.4 Å². The summed E-state index contributed by atoms with van der Waals surface area (Å²) in [5.74, 6) is 1.62. The van der Waals surface area contributed by atoms with Crippen molar-refractivity contribution in [2.24, 2.45) is 56.7 Å². The van der Waals surface area contributed by atoms with E-state index in [2.05, 4.69) is 55.0 Å². The van der Waals surface area contributed by atoms with Gasteiger partial charge in [-0.3, -0.25) is 14.4 Å². The van der Waals surface area contributed by atoms with Crippen molar-refractivity contribution >= 4 is 17.9 Å². The Morgan fingerprint density at radius 2 is 1.33 bits per heavy atom. The van der Waals surface area contributed by atoms with Gasteiger partial charge in [0, 0.05) is 20.8 Å². The molecule has 8 nitrogen and oxygen atoms in total. The number of allylic oxidation sites excluding steroid dienone is 1. The molecule has 0 radical (unpaired) electrons. The number of carbonyl (C=O) groups excluding carboxylic acids is 3. The molecule has 0 N–H and O–H groups in total. The standard InChI is InChI=1S/C41H64O8/c1-23(2)27-14-17-38(8)20-21-40(10)28(33(27)38)12-13-31-39(9)18-16-32(37(6,7)30(39)15-19-41(31,40)11)49-36-35(48-26(5)44)34(47-25(4)43)29(22-45-36)46-24(3)42/h27-36H,1,12-22H2,2-11H3/t27-,28+,29+,30-,31+,32-,33+,34-,35+,36-,38+,39-,40+,41+/m0/s1. The largest absolute Gasteiger partial charge is 0.456 e. The molecule has 0 aromatic rings. The molecule has 6 rings (SSSR count). The Hall–Kier alpha value is -1.93. The van der Waals surface area contributed by atoms with Gasteiger partial charge in [0.1, 0.15) is 0 Å². The topological polar surface area (TPSA) is 97.4 Å². The summed E-state index contributed by atoms with van der Waals surface area (Å²) in [4.78, 5) is 36.3. The van der Waals surface area contributed by atoms with Crippen LogP contribution in [0.3, 0.4) is 0 Å². The van der Waals surface area contributed by atoms with Crippen LogP contribution in [0.2, 0.25) is 0 Å². The van der Waals surface area contributed by atoms with Gasteiger partial charge in [0.15, 0.2) is 24.6 Å². The molecule has 0 aromatic carbocycles. The van der Waals surface area contributed by atoms with Gasteiger partial charge in [-0.25, -0.2) is 0 Å². The van der Waals surface area contributed by atoms with Crippen LogP contribution in [-0.4, -0.2) is 55.2 Å². The molecule has 5 aliphatic carbocycles. The first kappa shape index (κ1) is 36.8. The number of hydrogen-bond donors (Lipinski definition) is 0. The lowest BCUT2D eigenvalue weighted by atomic mass is 9.32. The van der Waals surface area contributed by atoms with Crippen LogP contribution in [0.5, 0.6) is 0 Å². The summed E-state index contributed by atoms with van der Waals surface area (Å²) in [5, 5.41) is 0. The Morgan fingerprint density at radius 1 is 0.673 bits per heavy atom. The van der Waals surface area contributed by atoms with E-state index in [0.717, 1.165) is 31.1 Å². The zero-order valence-electron chi connectivity index (χ0n) is 32.0. The van der Waals surface area contributed by atoms with E-state index in [1.165, 1.54) is 71.3 Å². The summed E-state index contributed by atoms with van der Waals surface area (Å²) >= 11 is 0. The maximum Gasteiger partial charge on any atom is 0.303 e. The average Bonchev–Trinajstić information content (AvgIpc) is 3.35. The van der Waals surface area contributed by atoms with Gasteiger partial charge < -0.3 is 23.7 Å². The minimum absolute atomic E-state index is 0.0271. The third-order valence-electron chi connectivity index (χ3n) is 16.0. The van der Waals surface area contributed by atoms with Crippen molar-refractivity contribution in [3.8, 4) is 0 Å². The lowest BCUT2D eigenvalue weighted by Gasteiger charge is -2.73. The predicted octanol–water partition coefficient (Wildman–Crippen LogP) is 8.20. The smallest absolute Gasteiger partial charge is 0.303 e. The average molecular weight is 685 g/mol. The zero-order valence-corrected chi connectivity index (χ0v) is 32.0. The molecule has 6 fully saturated rings. The number of fused-ring (bicyclic) bond motifs is 7. The summed E-state index contributed by atoms with van der Waals surface area (Å²) in [6.45, 7) is 25.9. The maximum absolute atomic E-state index is 12.3. The summed E-state index contributed by atoms with van der Waals surface area (Å²) in [6, 6.07) is 0. The molecular weight excluding hydrogens is 620 g/mol. The zero-order chi connectivity index (χ0) is 35.9. The summed E-state index contributed by atoms with van der Waals surface area (Å²) in [7, 11) is 0. The van der Waals surface area contributed by atoms with Crippen molar-refractivity contribution in [1.82, 2.24) is 0 Å². The summed E-state index contributed by atoms with van der Waals surface area (Å²) in [5.41, 5.74) is 2.46. The van der Waals surface area contributed by atoms with Crippen molar-refractivity contribution in [3.05, 3.63) is 12.2 Å². The highest BCUT2D eigenvalue weighted by Crippen LogP contribution is 2.77. The number of esters is 3. The van der Waals surface area contributed by atoms with Gasteiger partial charge >= 0.3 is 17.9 Å². The van der Waals surface area contributed by atoms with Crippen LogP contribution in [0.1, 0.15) is 133 Å². The fourth-order valence-electron chi connectivity index (χ4n) is 13.7. The molecule has 5 saturated carbocycles. The lowest BCUT2D eigenvalue weighted by Crippen LogP contribution is -2.67. The maximum atomic E-state index is 12.3. The molecule has 0 aromatic heterocycles. The van der Waals surface area contributed by atoms with E-state index in [-0.39, 0.29) is 29.0 Å². The highest BCUT2D eigenvalue weighted by atomic mass is 16.7. The van der Waals surface area contributed by atoms with Crippen LogP contribution in [0, 0.1) is 56.7 Å². The highest BCUT2D eigenvalue weighted by molar-refractivity contribution is 5.68. The minimum Gasteiger partial charge on any atom is -0.456 e. The summed E-state index contributed by atoms with van der Waals surface area (Å²) < 4.78 is 29.7. The van der Waals surface area contributed by atoms with Crippen molar-refractivity contribution in [1.29, 1.82) is 0 Å². The van der Waals surface area contributed by atoms with E-state index in [1.807, 2.05) is 0 Å². The molecule has 1 saturated heterocycles. The fraction of sp³-hybridized carbons (Fsp3) is 0.878. The first-order valence-electron chi connectivity index (χ1n) is 19.2. The molecule has 1 heterocycles. The molecule has 276 valence electrons. The molecule has 0 spiro atoms. The van der Waals surface area contributed by atoms with Gasteiger partial charge in [-0.15, -0.1) is 0 Å². The van der Waals surface area contributed by atoms with Crippen molar-refractivity contribution in [2.45, 2.75) is 164 Å². The van der Waals surface area contributed by atoms with Crippen LogP contribution in [-0.2, 0) is 38.1 Å². The Morgan fingerprint density at radius 3 is 1.96 bits per heavy atom. The lowest BCUT2D eigenvalue weighted by molar-refractivity contribution is -0.315. The second-order valence-corrected chi connectivity index (χ2v) is 18.8. The Kier molecular flexibility index (Phi) is 9.50.